The van der Waals surface area contributed by atoms with Crippen molar-refractivity contribution in [2.75, 3.05) is 0 Å². The smallest absolute Gasteiger partial charge is 0.254 e. The van der Waals surface area contributed by atoms with E-state index in [1.807, 2.05) is 0 Å². The maximum Gasteiger partial charge on any atom is 0.254 e. The third-order valence-electron chi connectivity index (χ3n) is 2.65. The van der Waals surface area contributed by atoms with Gasteiger partial charge in [-0.3, -0.25) is 9.89 Å². The van der Waals surface area contributed by atoms with Gasteiger partial charge in [0.05, 0.1) is 6.04 Å². The van der Waals surface area contributed by atoms with Crippen molar-refractivity contribution in [3.8, 4) is 0 Å². The SMILES string of the molecule is CC(NC(=O)C(O)c1cc(Cl)cc(Cl)c1)c1ncn[nH]1. The van der Waals surface area contributed by atoms with Gasteiger partial charge in [0.15, 0.2) is 6.10 Å². The van der Waals surface area contributed by atoms with E-state index in [0.717, 1.165) is 0 Å². The standard InChI is InChI=1S/C12H12Cl2N4O2/c1-6(11-15-5-16-18-11)17-12(20)10(19)7-2-8(13)4-9(14)3-7/h2-6,10,19H,1H3,(H,17,20)(H,15,16,18). The zero-order valence-corrected chi connectivity index (χ0v) is 12.0. The van der Waals surface area contributed by atoms with Crippen LogP contribution in [0.2, 0.25) is 10.0 Å². The van der Waals surface area contributed by atoms with Gasteiger partial charge in [0.2, 0.25) is 0 Å². The van der Waals surface area contributed by atoms with E-state index >= 15 is 0 Å². The van der Waals surface area contributed by atoms with Crippen molar-refractivity contribution >= 4 is 29.1 Å². The molecular formula is C12H12Cl2N4O2. The van der Waals surface area contributed by atoms with E-state index in [4.69, 9.17) is 23.2 Å². The summed E-state index contributed by atoms with van der Waals surface area (Å²) in [4.78, 5) is 15.9. The van der Waals surface area contributed by atoms with Gasteiger partial charge in [-0.05, 0) is 30.7 Å². The summed E-state index contributed by atoms with van der Waals surface area (Å²) >= 11 is 11.7. The van der Waals surface area contributed by atoms with Crippen LogP contribution in [0.4, 0.5) is 0 Å². The number of aromatic amines is 1. The monoisotopic (exact) mass is 314 g/mol. The predicted octanol–water partition coefficient (Wildman–Crippen LogP) is 2.02. The van der Waals surface area contributed by atoms with Crippen LogP contribution in [0, 0.1) is 0 Å². The molecule has 0 bridgehead atoms. The summed E-state index contributed by atoms with van der Waals surface area (Å²) < 4.78 is 0. The lowest BCUT2D eigenvalue weighted by Crippen LogP contribution is -2.32. The number of nitrogens with zero attached hydrogens (tertiary/aromatic N) is 2. The third-order valence-corrected chi connectivity index (χ3v) is 3.09. The maximum atomic E-state index is 12.0. The minimum absolute atomic E-state index is 0.324. The number of nitrogens with one attached hydrogen (secondary N) is 2. The molecule has 0 aliphatic carbocycles. The molecule has 0 spiro atoms. The lowest BCUT2D eigenvalue weighted by Gasteiger charge is -2.15. The number of hydrogen-bond donors (Lipinski definition) is 3. The molecule has 1 aromatic heterocycles. The minimum Gasteiger partial charge on any atom is -0.378 e. The Hall–Kier alpha value is -1.63. The van der Waals surface area contributed by atoms with E-state index in [9.17, 15) is 9.90 Å². The molecule has 0 saturated heterocycles. The Morgan fingerprint density at radius 1 is 1.35 bits per heavy atom. The van der Waals surface area contributed by atoms with Gasteiger partial charge in [-0.15, -0.1) is 0 Å². The number of benzene rings is 1. The second-order valence-corrected chi connectivity index (χ2v) is 5.08. The summed E-state index contributed by atoms with van der Waals surface area (Å²) in [6.45, 7) is 1.72. The number of aromatic nitrogens is 3. The van der Waals surface area contributed by atoms with Crippen LogP contribution in [0.15, 0.2) is 24.5 Å². The van der Waals surface area contributed by atoms with E-state index in [-0.39, 0.29) is 0 Å². The van der Waals surface area contributed by atoms with Crippen LogP contribution in [0.5, 0.6) is 0 Å². The van der Waals surface area contributed by atoms with Gasteiger partial charge < -0.3 is 10.4 Å². The normalized spacial score (nSPS) is 13.8. The lowest BCUT2D eigenvalue weighted by molar-refractivity contribution is -0.130. The van der Waals surface area contributed by atoms with Crippen LogP contribution >= 0.6 is 23.2 Å². The molecule has 1 amide bonds. The number of amides is 1. The van der Waals surface area contributed by atoms with Crippen LogP contribution < -0.4 is 5.32 Å². The zero-order chi connectivity index (χ0) is 14.7. The van der Waals surface area contributed by atoms with Crippen LogP contribution in [0.25, 0.3) is 0 Å². The maximum absolute atomic E-state index is 12.0. The first-order chi connectivity index (χ1) is 9.47. The van der Waals surface area contributed by atoms with Crippen molar-refractivity contribution in [3.63, 3.8) is 0 Å². The topological polar surface area (TPSA) is 90.9 Å². The second kappa shape index (κ2) is 6.21. The van der Waals surface area contributed by atoms with Gasteiger partial charge in [-0.1, -0.05) is 23.2 Å². The average Bonchev–Trinajstić information content (AvgIpc) is 2.90. The van der Waals surface area contributed by atoms with E-state index in [1.54, 1.807) is 6.92 Å². The van der Waals surface area contributed by atoms with Crippen molar-refractivity contribution in [1.82, 2.24) is 20.5 Å². The van der Waals surface area contributed by atoms with Crippen molar-refractivity contribution < 1.29 is 9.90 Å². The summed E-state index contributed by atoms with van der Waals surface area (Å²) in [5.74, 6) is -0.0816. The molecule has 2 unspecified atom stereocenters. The van der Waals surface area contributed by atoms with Crippen LogP contribution in [0.1, 0.15) is 30.5 Å². The van der Waals surface area contributed by atoms with Gasteiger partial charge in [0.25, 0.3) is 5.91 Å². The van der Waals surface area contributed by atoms with Crippen molar-refractivity contribution in [3.05, 3.63) is 46.0 Å². The summed E-state index contributed by atoms with van der Waals surface area (Å²) in [7, 11) is 0. The largest absolute Gasteiger partial charge is 0.378 e. The van der Waals surface area contributed by atoms with Gasteiger partial charge in [-0.2, -0.15) is 5.10 Å². The number of aliphatic hydroxyl groups excluding tert-OH is 1. The second-order valence-electron chi connectivity index (χ2n) is 4.21. The Labute approximate surface area is 125 Å². The van der Waals surface area contributed by atoms with Crippen LogP contribution in [0.3, 0.4) is 0 Å². The molecule has 0 aliphatic heterocycles. The van der Waals surface area contributed by atoms with Gasteiger partial charge in [-0.25, -0.2) is 4.98 Å². The molecule has 1 aromatic carbocycles. The van der Waals surface area contributed by atoms with Crippen LogP contribution in [-0.4, -0.2) is 26.2 Å². The molecule has 0 radical (unpaired) electrons. The minimum atomic E-state index is -1.36. The molecular weight excluding hydrogens is 303 g/mol. The van der Waals surface area contributed by atoms with Gasteiger partial charge in [0, 0.05) is 10.0 Å². The van der Waals surface area contributed by atoms with Gasteiger partial charge in [0.1, 0.15) is 12.2 Å². The van der Waals surface area contributed by atoms with Crippen molar-refractivity contribution in [2.24, 2.45) is 0 Å². The molecule has 2 atom stereocenters. The fourth-order valence-corrected chi connectivity index (χ4v) is 2.21. The molecule has 2 aromatic rings. The molecule has 1 heterocycles. The third kappa shape index (κ3) is 3.47. The molecule has 8 heteroatoms. The molecule has 0 fully saturated rings. The molecule has 2 rings (SSSR count). The zero-order valence-electron chi connectivity index (χ0n) is 10.5. The highest BCUT2D eigenvalue weighted by molar-refractivity contribution is 6.34. The highest BCUT2D eigenvalue weighted by Gasteiger charge is 2.21. The molecule has 3 N–H and O–H groups in total. The van der Waals surface area contributed by atoms with E-state index in [2.05, 4.69) is 20.5 Å². The Balaban J connectivity index is 2.08. The number of hydrogen-bond acceptors (Lipinski definition) is 4. The Morgan fingerprint density at radius 3 is 2.55 bits per heavy atom. The van der Waals surface area contributed by atoms with Gasteiger partial charge >= 0.3 is 0 Å². The predicted molar refractivity (Wildman–Crippen MR) is 74.4 cm³/mol. The highest BCUT2D eigenvalue weighted by atomic mass is 35.5. The van der Waals surface area contributed by atoms with Crippen molar-refractivity contribution in [1.29, 1.82) is 0 Å². The summed E-state index contributed by atoms with van der Waals surface area (Å²) in [5, 5.41) is 19.7. The Morgan fingerprint density at radius 2 is 2.00 bits per heavy atom. The number of carbonyl (C=O) groups is 1. The molecule has 0 saturated carbocycles. The fourth-order valence-electron chi connectivity index (χ4n) is 1.67. The molecule has 106 valence electrons. The summed E-state index contributed by atoms with van der Waals surface area (Å²) in [6.07, 6.45) is -0.0258. The molecule has 20 heavy (non-hydrogen) atoms. The highest BCUT2D eigenvalue weighted by Crippen LogP contribution is 2.24. The quantitative estimate of drug-likeness (QED) is 0.805. The number of aliphatic hydroxyl groups is 1. The molecule has 6 nitrogen and oxygen atoms in total. The first-order valence-electron chi connectivity index (χ1n) is 5.77. The fraction of sp³-hybridized carbons (Fsp3) is 0.250. The summed E-state index contributed by atoms with van der Waals surface area (Å²) in [6, 6.07) is 4.08. The number of rotatable bonds is 4. The first-order valence-corrected chi connectivity index (χ1v) is 6.52. The Bertz CT molecular complexity index is 583. The summed E-state index contributed by atoms with van der Waals surface area (Å²) in [5.41, 5.74) is 0.324. The number of carbonyl (C=O) groups excluding carboxylic acids is 1. The first kappa shape index (κ1) is 14.8. The Kier molecular flexibility index (Phi) is 4.59. The van der Waals surface area contributed by atoms with E-state index < -0.39 is 18.1 Å². The van der Waals surface area contributed by atoms with Crippen LogP contribution in [-0.2, 0) is 4.79 Å². The molecule has 0 aliphatic rings. The van der Waals surface area contributed by atoms with E-state index in [0.29, 0.717) is 21.4 Å². The van der Waals surface area contributed by atoms with Crippen molar-refractivity contribution in [2.45, 2.75) is 19.1 Å². The number of halogens is 2. The lowest BCUT2D eigenvalue weighted by atomic mass is 10.1. The van der Waals surface area contributed by atoms with E-state index in [1.165, 1.54) is 24.5 Å². The number of H-pyrrole nitrogens is 1. The average molecular weight is 315 g/mol.